The lowest BCUT2D eigenvalue weighted by molar-refractivity contribution is 0.110. The first kappa shape index (κ1) is 24.5. The van der Waals surface area contributed by atoms with Gasteiger partial charge in [0.25, 0.3) is 0 Å². The summed E-state index contributed by atoms with van der Waals surface area (Å²) in [6.45, 7) is 12.1. The molecule has 3 aliphatic rings. The SMILES string of the molecule is CCN(C(=O)NCc1ccccc1)C1CCN(C[C@@H]2CCN(C(C)C3CCCCC3)C2)CC1. The van der Waals surface area contributed by atoms with Crippen LogP contribution in [0.15, 0.2) is 30.3 Å². The molecule has 3 fully saturated rings. The molecule has 1 saturated carbocycles. The monoisotopic (exact) mass is 454 g/mol. The number of urea groups is 1. The minimum absolute atomic E-state index is 0.0861. The van der Waals surface area contributed by atoms with Crippen LogP contribution >= 0.6 is 0 Å². The smallest absolute Gasteiger partial charge is 0.317 e. The number of carbonyl (C=O) groups excluding carboxylic acids is 1. The van der Waals surface area contributed by atoms with Gasteiger partial charge in [0, 0.05) is 51.4 Å². The van der Waals surface area contributed by atoms with Crippen molar-refractivity contribution < 1.29 is 4.79 Å². The maximum absolute atomic E-state index is 12.8. The Morgan fingerprint density at radius 1 is 1.03 bits per heavy atom. The molecule has 1 N–H and O–H groups in total. The van der Waals surface area contributed by atoms with Crippen molar-refractivity contribution in [2.75, 3.05) is 39.3 Å². The molecule has 2 heterocycles. The summed E-state index contributed by atoms with van der Waals surface area (Å²) in [6.07, 6.45) is 10.8. The van der Waals surface area contributed by atoms with Crippen LogP contribution in [0.3, 0.4) is 0 Å². The van der Waals surface area contributed by atoms with E-state index in [1.54, 1.807) is 0 Å². The molecule has 5 nitrogen and oxygen atoms in total. The van der Waals surface area contributed by atoms with E-state index in [-0.39, 0.29) is 6.03 Å². The highest BCUT2D eigenvalue weighted by molar-refractivity contribution is 5.74. The molecule has 33 heavy (non-hydrogen) atoms. The summed E-state index contributed by atoms with van der Waals surface area (Å²) in [5.41, 5.74) is 1.15. The molecule has 5 heteroatoms. The number of carbonyl (C=O) groups is 1. The highest BCUT2D eigenvalue weighted by Gasteiger charge is 2.33. The summed E-state index contributed by atoms with van der Waals surface area (Å²) in [5, 5.41) is 3.13. The Morgan fingerprint density at radius 2 is 1.76 bits per heavy atom. The van der Waals surface area contributed by atoms with E-state index >= 15 is 0 Å². The van der Waals surface area contributed by atoms with Gasteiger partial charge in [0.2, 0.25) is 0 Å². The average molecular weight is 455 g/mol. The number of benzene rings is 1. The quantitative estimate of drug-likeness (QED) is 0.602. The number of likely N-dealkylation sites (tertiary alicyclic amines) is 2. The third-order valence-electron chi connectivity index (χ3n) is 8.63. The van der Waals surface area contributed by atoms with E-state index < -0.39 is 0 Å². The second-order valence-electron chi connectivity index (χ2n) is 10.8. The zero-order chi connectivity index (χ0) is 23.0. The number of nitrogens with one attached hydrogen (secondary N) is 1. The maximum Gasteiger partial charge on any atom is 0.317 e. The first-order chi connectivity index (χ1) is 16.1. The normalized spacial score (nSPS) is 24.6. The van der Waals surface area contributed by atoms with Crippen molar-refractivity contribution in [3.05, 3.63) is 35.9 Å². The Balaban J connectivity index is 1.18. The van der Waals surface area contributed by atoms with Crippen molar-refractivity contribution in [1.82, 2.24) is 20.0 Å². The second-order valence-corrected chi connectivity index (χ2v) is 10.8. The van der Waals surface area contributed by atoms with E-state index in [2.05, 4.69) is 46.0 Å². The van der Waals surface area contributed by atoms with Gasteiger partial charge in [-0.15, -0.1) is 0 Å². The predicted octanol–water partition coefficient (Wildman–Crippen LogP) is 4.97. The Labute approximate surface area is 201 Å². The van der Waals surface area contributed by atoms with Crippen LogP contribution in [0.2, 0.25) is 0 Å². The second kappa shape index (κ2) is 12.2. The highest BCUT2D eigenvalue weighted by atomic mass is 16.2. The first-order valence-corrected chi connectivity index (χ1v) is 13.7. The fraction of sp³-hybridized carbons (Fsp3) is 0.750. The summed E-state index contributed by atoms with van der Waals surface area (Å²) in [5.74, 6) is 1.75. The van der Waals surface area contributed by atoms with E-state index in [1.165, 1.54) is 58.2 Å². The van der Waals surface area contributed by atoms with Crippen molar-refractivity contribution in [1.29, 1.82) is 0 Å². The summed E-state index contributed by atoms with van der Waals surface area (Å²) in [6, 6.07) is 11.4. The van der Waals surface area contributed by atoms with Crippen molar-refractivity contribution in [3.8, 4) is 0 Å². The van der Waals surface area contributed by atoms with Crippen molar-refractivity contribution in [2.45, 2.75) is 83.8 Å². The van der Waals surface area contributed by atoms with E-state index in [1.807, 2.05) is 18.2 Å². The fourth-order valence-electron chi connectivity index (χ4n) is 6.52. The van der Waals surface area contributed by atoms with Crippen molar-refractivity contribution in [2.24, 2.45) is 11.8 Å². The van der Waals surface area contributed by atoms with E-state index in [4.69, 9.17) is 0 Å². The molecule has 1 aromatic rings. The van der Waals surface area contributed by atoms with Gasteiger partial charge < -0.3 is 20.0 Å². The standard InChI is InChI=1S/C28H46N4O/c1-3-32(28(33)29-20-24-10-6-4-7-11-24)27-15-17-30(18-16-27)21-25-14-19-31(22-25)23(2)26-12-8-5-9-13-26/h4,6-7,10-11,23,25-27H,3,5,8-9,12-22H2,1-2H3,(H,29,33)/t23?,25-/m0/s1. The minimum atomic E-state index is 0.0861. The Hall–Kier alpha value is -1.59. The van der Waals surface area contributed by atoms with Gasteiger partial charge in [0.15, 0.2) is 0 Å². The Bertz CT molecular complexity index is 712. The fourth-order valence-corrected chi connectivity index (χ4v) is 6.52. The third kappa shape index (κ3) is 6.73. The molecule has 1 aliphatic carbocycles. The summed E-state index contributed by atoms with van der Waals surface area (Å²) < 4.78 is 0. The van der Waals surface area contributed by atoms with E-state index in [0.717, 1.165) is 55.9 Å². The molecule has 1 aromatic carbocycles. The maximum atomic E-state index is 12.8. The van der Waals surface area contributed by atoms with E-state index in [9.17, 15) is 4.79 Å². The summed E-state index contributed by atoms with van der Waals surface area (Å²) >= 11 is 0. The molecule has 2 amide bonds. The van der Waals surface area contributed by atoms with Gasteiger partial charge in [-0.1, -0.05) is 49.6 Å². The number of rotatable bonds is 8. The van der Waals surface area contributed by atoms with E-state index in [0.29, 0.717) is 12.6 Å². The van der Waals surface area contributed by atoms with Crippen LogP contribution in [0.5, 0.6) is 0 Å². The molecule has 2 atom stereocenters. The number of piperidine rings is 1. The van der Waals surface area contributed by atoms with Crippen LogP contribution in [-0.4, -0.2) is 72.1 Å². The van der Waals surface area contributed by atoms with Gasteiger partial charge in [-0.2, -0.15) is 0 Å². The molecule has 1 unspecified atom stereocenters. The molecule has 0 radical (unpaired) electrons. The van der Waals surface area contributed by atoms with Crippen molar-refractivity contribution in [3.63, 3.8) is 0 Å². The Kier molecular flexibility index (Phi) is 9.08. The van der Waals surface area contributed by atoms with Crippen LogP contribution in [0.1, 0.15) is 70.8 Å². The molecule has 0 spiro atoms. The first-order valence-electron chi connectivity index (χ1n) is 13.7. The number of hydrogen-bond donors (Lipinski definition) is 1. The summed E-state index contributed by atoms with van der Waals surface area (Å²) in [7, 11) is 0. The van der Waals surface area contributed by atoms with Gasteiger partial charge in [0.05, 0.1) is 0 Å². The predicted molar refractivity (Wildman–Crippen MR) is 136 cm³/mol. The highest BCUT2D eigenvalue weighted by Crippen LogP contribution is 2.32. The topological polar surface area (TPSA) is 38.8 Å². The third-order valence-corrected chi connectivity index (χ3v) is 8.63. The summed E-state index contributed by atoms with van der Waals surface area (Å²) in [4.78, 5) is 20.4. The molecule has 0 aromatic heterocycles. The molecule has 2 saturated heterocycles. The number of amides is 2. The van der Waals surface area contributed by atoms with Crippen LogP contribution in [-0.2, 0) is 6.54 Å². The average Bonchev–Trinajstić information content (AvgIpc) is 3.33. The molecule has 0 bridgehead atoms. The number of hydrogen-bond acceptors (Lipinski definition) is 3. The molecule has 4 rings (SSSR count). The van der Waals surface area contributed by atoms with Crippen LogP contribution < -0.4 is 5.32 Å². The van der Waals surface area contributed by atoms with Gasteiger partial charge >= 0.3 is 6.03 Å². The molecular weight excluding hydrogens is 408 g/mol. The number of nitrogens with zero attached hydrogens (tertiary/aromatic N) is 3. The van der Waals surface area contributed by atoms with Gasteiger partial charge in [-0.05, 0) is 69.9 Å². The zero-order valence-corrected chi connectivity index (χ0v) is 21.1. The zero-order valence-electron chi connectivity index (χ0n) is 21.1. The largest absolute Gasteiger partial charge is 0.334 e. The lowest BCUT2D eigenvalue weighted by atomic mass is 9.84. The van der Waals surface area contributed by atoms with Crippen molar-refractivity contribution >= 4 is 6.03 Å². The molecule has 2 aliphatic heterocycles. The minimum Gasteiger partial charge on any atom is -0.334 e. The van der Waals surface area contributed by atoms with Crippen LogP contribution in [0, 0.1) is 11.8 Å². The van der Waals surface area contributed by atoms with Crippen LogP contribution in [0.4, 0.5) is 4.79 Å². The van der Waals surface area contributed by atoms with Crippen LogP contribution in [0.25, 0.3) is 0 Å². The van der Waals surface area contributed by atoms with Gasteiger partial charge in [-0.25, -0.2) is 4.79 Å². The lowest BCUT2D eigenvalue weighted by Crippen LogP contribution is -2.51. The molecule has 184 valence electrons. The molecular formula is C28H46N4O. The van der Waals surface area contributed by atoms with Gasteiger partial charge in [0.1, 0.15) is 0 Å². The van der Waals surface area contributed by atoms with Gasteiger partial charge in [-0.3, -0.25) is 0 Å². The lowest BCUT2D eigenvalue weighted by Gasteiger charge is -2.39. The Morgan fingerprint density at radius 3 is 2.45 bits per heavy atom.